The summed E-state index contributed by atoms with van der Waals surface area (Å²) < 4.78 is 0. The van der Waals surface area contributed by atoms with Gasteiger partial charge in [0.1, 0.15) is 0 Å². The van der Waals surface area contributed by atoms with Crippen LogP contribution in [0.15, 0.2) is 35.0 Å². The van der Waals surface area contributed by atoms with Gasteiger partial charge in [-0.25, -0.2) is 0 Å². The molecule has 0 bridgehead atoms. The summed E-state index contributed by atoms with van der Waals surface area (Å²) >= 11 is 1.72. The third-order valence-electron chi connectivity index (χ3n) is 4.45. The average Bonchev–Trinajstić information content (AvgIpc) is 2.98. The van der Waals surface area contributed by atoms with Crippen molar-refractivity contribution in [3.05, 3.63) is 57.3 Å². The van der Waals surface area contributed by atoms with E-state index in [2.05, 4.69) is 35.0 Å². The molecule has 20 heavy (non-hydrogen) atoms. The zero-order chi connectivity index (χ0) is 14.0. The molecule has 3 rings (SSSR count). The molecule has 1 nitrogen and oxygen atoms in total. The highest BCUT2D eigenvalue weighted by molar-refractivity contribution is 7.07. The number of fused-ring (bicyclic) bond motifs is 1. The first kappa shape index (κ1) is 13.8. The molecule has 1 N–H and O–H groups in total. The first-order valence-electron chi connectivity index (χ1n) is 7.51. The van der Waals surface area contributed by atoms with E-state index in [0.717, 1.165) is 18.4 Å². The van der Waals surface area contributed by atoms with Gasteiger partial charge >= 0.3 is 0 Å². The van der Waals surface area contributed by atoms with Crippen LogP contribution in [0.4, 0.5) is 0 Å². The molecule has 0 saturated heterocycles. The van der Waals surface area contributed by atoms with Crippen molar-refractivity contribution in [2.75, 3.05) is 0 Å². The highest BCUT2D eigenvalue weighted by Crippen LogP contribution is 2.30. The summed E-state index contributed by atoms with van der Waals surface area (Å²) in [4.78, 5) is 0. The van der Waals surface area contributed by atoms with E-state index < -0.39 is 5.60 Å². The summed E-state index contributed by atoms with van der Waals surface area (Å²) in [6, 6.07) is 8.73. The van der Waals surface area contributed by atoms with Crippen LogP contribution in [0.5, 0.6) is 0 Å². The molecule has 106 valence electrons. The maximum Gasteiger partial charge on any atom is 0.0871 e. The molecule has 1 atom stereocenters. The van der Waals surface area contributed by atoms with Gasteiger partial charge in [0.15, 0.2) is 0 Å². The Balaban J connectivity index is 1.76. The van der Waals surface area contributed by atoms with E-state index in [4.69, 9.17) is 0 Å². The number of hydrogen-bond acceptors (Lipinski definition) is 2. The average molecular weight is 286 g/mol. The molecule has 0 aliphatic heterocycles. The van der Waals surface area contributed by atoms with E-state index in [9.17, 15) is 5.11 Å². The van der Waals surface area contributed by atoms with Gasteiger partial charge in [0.2, 0.25) is 0 Å². The number of thiophene rings is 1. The van der Waals surface area contributed by atoms with Crippen LogP contribution >= 0.6 is 11.3 Å². The van der Waals surface area contributed by atoms with Crippen LogP contribution in [0.2, 0.25) is 0 Å². The Bertz CT molecular complexity index is 569. The first-order valence-corrected chi connectivity index (χ1v) is 8.45. The zero-order valence-electron chi connectivity index (χ0n) is 12.1. The van der Waals surface area contributed by atoms with Crippen molar-refractivity contribution in [3.63, 3.8) is 0 Å². The van der Waals surface area contributed by atoms with Crippen molar-refractivity contribution >= 4 is 11.3 Å². The Morgan fingerprint density at radius 3 is 2.70 bits per heavy atom. The lowest BCUT2D eigenvalue weighted by Gasteiger charge is -2.26. The number of aryl methyl sites for hydroxylation is 3. The number of hydrogen-bond donors (Lipinski definition) is 1. The van der Waals surface area contributed by atoms with Gasteiger partial charge in [-0.3, -0.25) is 0 Å². The molecular formula is C18H22OS. The largest absolute Gasteiger partial charge is 0.385 e. The maximum absolute atomic E-state index is 10.8. The monoisotopic (exact) mass is 286 g/mol. The Hall–Kier alpha value is -1.12. The first-order chi connectivity index (χ1) is 9.65. The second-order valence-electron chi connectivity index (χ2n) is 6.10. The third-order valence-corrected chi connectivity index (χ3v) is 5.18. The predicted octanol–water partition coefficient (Wildman–Crippen LogP) is 4.47. The second-order valence-corrected chi connectivity index (χ2v) is 6.88. The number of aliphatic hydroxyl groups is 1. The van der Waals surface area contributed by atoms with Gasteiger partial charge in [0.25, 0.3) is 0 Å². The summed E-state index contributed by atoms with van der Waals surface area (Å²) in [7, 11) is 0. The minimum absolute atomic E-state index is 0.728. The fourth-order valence-electron chi connectivity index (χ4n) is 3.04. The Labute approximate surface area is 125 Å². The Morgan fingerprint density at radius 2 is 1.95 bits per heavy atom. The molecule has 0 fully saturated rings. The van der Waals surface area contributed by atoms with Gasteiger partial charge in [0.05, 0.1) is 5.60 Å². The molecule has 2 heteroatoms. The van der Waals surface area contributed by atoms with Gasteiger partial charge < -0.3 is 5.11 Å². The van der Waals surface area contributed by atoms with Crippen LogP contribution < -0.4 is 0 Å². The SMILES string of the molecule is CC(O)(CCc1ccsc1)c1ccc2c(c1)CCCC2. The van der Waals surface area contributed by atoms with E-state index in [1.807, 2.05) is 6.92 Å². The highest BCUT2D eigenvalue weighted by atomic mass is 32.1. The predicted molar refractivity (Wildman–Crippen MR) is 85.3 cm³/mol. The summed E-state index contributed by atoms with van der Waals surface area (Å²) in [5.74, 6) is 0. The van der Waals surface area contributed by atoms with Crippen LogP contribution in [0.1, 0.15) is 48.4 Å². The standard InChI is InChI=1S/C18H22OS/c1-18(19,10-8-14-9-11-20-13-14)17-7-6-15-4-2-3-5-16(15)12-17/h6-7,9,11-13,19H,2-5,8,10H2,1H3. The lowest BCUT2D eigenvalue weighted by Crippen LogP contribution is -2.22. The van der Waals surface area contributed by atoms with Crippen molar-refractivity contribution in [3.8, 4) is 0 Å². The zero-order valence-corrected chi connectivity index (χ0v) is 12.9. The lowest BCUT2D eigenvalue weighted by molar-refractivity contribution is 0.0480. The number of benzene rings is 1. The topological polar surface area (TPSA) is 20.2 Å². The highest BCUT2D eigenvalue weighted by Gasteiger charge is 2.24. The van der Waals surface area contributed by atoms with Crippen LogP contribution in [0, 0.1) is 0 Å². The van der Waals surface area contributed by atoms with Crippen LogP contribution in [-0.4, -0.2) is 5.11 Å². The van der Waals surface area contributed by atoms with Crippen molar-refractivity contribution in [2.24, 2.45) is 0 Å². The molecule has 1 heterocycles. The normalized spacial score (nSPS) is 17.5. The lowest BCUT2D eigenvalue weighted by atomic mass is 9.84. The van der Waals surface area contributed by atoms with Crippen molar-refractivity contribution < 1.29 is 5.11 Å². The summed E-state index contributed by atoms with van der Waals surface area (Å²) in [5, 5.41) is 15.1. The van der Waals surface area contributed by atoms with Crippen molar-refractivity contribution in [1.29, 1.82) is 0 Å². The van der Waals surface area contributed by atoms with Gasteiger partial charge in [-0.15, -0.1) is 0 Å². The van der Waals surface area contributed by atoms with Gasteiger partial charge in [-0.2, -0.15) is 11.3 Å². The molecule has 2 aromatic rings. The number of rotatable bonds is 4. The Morgan fingerprint density at radius 1 is 1.15 bits per heavy atom. The van der Waals surface area contributed by atoms with E-state index in [-0.39, 0.29) is 0 Å². The second kappa shape index (κ2) is 5.71. The quantitative estimate of drug-likeness (QED) is 0.879. The van der Waals surface area contributed by atoms with E-state index in [1.165, 1.54) is 42.4 Å². The van der Waals surface area contributed by atoms with Crippen molar-refractivity contribution in [1.82, 2.24) is 0 Å². The summed E-state index contributed by atoms with van der Waals surface area (Å²) in [6.07, 6.45) is 6.68. The molecule has 1 aliphatic carbocycles. The fourth-order valence-corrected chi connectivity index (χ4v) is 3.74. The molecular weight excluding hydrogens is 264 g/mol. The summed E-state index contributed by atoms with van der Waals surface area (Å²) in [6.45, 7) is 1.95. The van der Waals surface area contributed by atoms with E-state index in [0.29, 0.717) is 0 Å². The maximum atomic E-state index is 10.8. The molecule has 0 amide bonds. The van der Waals surface area contributed by atoms with Crippen LogP contribution in [-0.2, 0) is 24.9 Å². The molecule has 0 saturated carbocycles. The minimum atomic E-state index is -0.728. The van der Waals surface area contributed by atoms with Gasteiger partial charge in [-0.1, -0.05) is 18.2 Å². The van der Waals surface area contributed by atoms with E-state index in [1.54, 1.807) is 11.3 Å². The van der Waals surface area contributed by atoms with Gasteiger partial charge in [-0.05, 0) is 84.5 Å². The fraction of sp³-hybridized carbons (Fsp3) is 0.444. The summed E-state index contributed by atoms with van der Waals surface area (Å²) in [5.41, 5.74) is 4.61. The molecule has 0 spiro atoms. The smallest absolute Gasteiger partial charge is 0.0871 e. The van der Waals surface area contributed by atoms with Crippen LogP contribution in [0.3, 0.4) is 0 Å². The molecule has 1 aliphatic rings. The molecule has 1 aromatic heterocycles. The molecule has 1 unspecified atom stereocenters. The minimum Gasteiger partial charge on any atom is -0.385 e. The Kier molecular flexibility index (Phi) is 3.95. The van der Waals surface area contributed by atoms with Crippen LogP contribution in [0.25, 0.3) is 0 Å². The van der Waals surface area contributed by atoms with Crippen molar-refractivity contribution in [2.45, 2.75) is 51.0 Å². The molecule has 0 radical (unpaired) electrons. The molecule has 1 aromatic carbocycles. The third kappa shape index (κ3) is 2.97. The van der Waals surface area contributed by atoms with Gasteiger partial charge in [0, 0.05) is 0 Å². The van der Waals surface area contributed by atoms with E-state index >= 15 is 0 Å².